The van der Waals surface area contributed by atoms with E-state index in [1.54, 1.807) is 6.92 Å². The Hall–Kier alpha value is -1.82. The maximum absolute atomic E-state index is 12.3. The van der Waals surface area contributed by atoms with Crippen molar-refractivity contribution in [2.24, 2.45) is 11.1 Å². The molecule has 1 aromatic carbocycles. The molecular formula is C17H21BrN2O3. The monoisotopic (exact) mass is 380 g/mol. The second-order valence-corrected chi connectivity index (χ2v) is 7.20. The number of ketones is 1. The lowest BCUT2D eigenvalue weighted by Crippen LogP contribution is -2.24. The first-order valence-electron chi connectivity index (χ1n) is 7.32. The number of carbonyl (C=O) groups is 2. The van der Waals surface area contributed by atoms with Gasteiger partial charge < -0.3 is 15.0 Å². The third kappa shape index (κ3) is 3.42. The number of hydrogen-bond acceptors (Lipinski definition) is 3. The van der Waals surface area contributed by atoms with Gasteiger partial charge in [0.05, 0.1) is 28.5 Å². The number of carbonyl (C=O) groups excluding carboxylic acids is 2. The van der Waals surface area contributed by atoms with Crippen LogP contribution in [0.1, 0.15) is 36.8 Å². The summed E-state index contributed by atoms with van der Waals surface area (Å²) in [5.74, 6) is -1.07. The lowest BCUT2D eigenvalue weighted by Gasteiger charge is -2.19. The zero-order valence-corrected chi connectivity index (χ0v) is 15.4. The summed E-state index contributed by atoms with van der Waals surface area (Å²) in [7, 11) is 0. The Bertz CT molecular complexity index is 772. The molecule has 2 aromatic rings. The third-order valence-corrected chi connectivity index (χ3v) is 4.04. The van der Waals surface area contributed by atoms with E-state index in [9.17, 15) is 9.59 Å². The molecule has 0 radical (unpaired) electrons. The van der Waals surface area contributed by atoms with E-state index in [1.165, 1.54) is 0 Å². The van der Waals surface area contributed by atoms with Gasteiger partial charge in [-0.2, -0.15) is 0 Å². The average Bonchev–Trinajstić information content (AvgIpc) is 2.75. The zero-order chi connectivity index (χ0) is 17.4. The van der Waals surface area contributed by atoms with Crippen LogP contribution in [0, 0.1) is 12.3 Å². The number of Topliss-reactive ketones (excluding diaryl/α,β-unsaturated/α-hetero) is 1. The van der Waals surface area contributed by atoms with Gasteiger partial charge in [-0.05, 0) is 24.5 Å². The van der Waals surface area contributed by atoms with Crippen LogP contribution in [0.5, 0.6) is 5.75 Å². The number of halogens is 1. The molecule has 0 saturated carbocycles. The first kappa shape index (κ1) is 17.5. The van der Waals surface area contributed by atoms with Crippen molar-refractivity contribution in [2.75, 3.05) is 6.61 Å². The number of primary amides is 1. The van der Waals surface area contributed by atoms with Crippen molar-refractivity contribution in [3.05, 3.63) is 29.5 Å². The van der Waals surface area contributed by atoms with E-state index in [4.69, 9.17) is 10.5 Å². The van der Waals surface area contributed by atoms with E-state index in [2.05, 4.69) is 36.7 Å². The van der Waals surface area contributed by atoms with Gasteiger partial charge in [0.2, 0.25) is 0 Å². The second-order valence-electron chi connectivity index (χ2n) is 6.70. The van der Waals surface area contributed by atoms with E-state index in [-0.39, 0.29) is 5.41 Å². The van der Waals surface area contributed by atoms with Crippen LogP contribution < -0.4 is 10.5 Å². The predicted molar refractivity (Wildman–Crippen MR) is 94.1 cm³/mol. The minimum absolute atomic E-state index is 0.0247. The van der Waals surface area contributed by atoms with E-state index >= 15 is 0 Å². The highest BCUT2D eigenvalue weighted by molar-refractivity contribution is 9.08. The maximum Gasteiger partial charge on any atom is 0.289 e. The minimum atomic E-state index is -0.965. The van der Waals surface area contributed by atoms with Crippen molar-refractivity contribution < 1.29 is 14.3 Å². The smallest absolute Gasteiger partial charge is 0.289 e. The summed E-state index contributed by atoms with van der Waals surface area (Å²) in [6.07, 6.45) is 0. The quantitative estimate of drug-likeness (QED) is 0.490. The highest BCUT2D eigenvalue weighted by Crippen LogP contribution is 2.35. The lowest BCUT2D eigenvalue weighted by atomic mass is 9.98. The topological polar surface area (TPSA) is 74.3 Å². The van der Waals surface area contributed by atoms with Gasteiger partial charge >= 0.3 is 0 Å². The highest BCUT2D eigenvalue weighted by atomic mass is 79.9. The van der Waals surface area contributed by atoms with E-state index in [1.807, 2.05) is 22.8 Å². The molecule has 0 aliphatic carbocycles. The molecule has 5 nitrogen and oxygen atoms in total. The second kappa shape index (κ2) is 6.35. The first-order valence-corrected chi connectivity index (χ1v) is 8.44. The number of alkyl halides is 1. The molecule has 23 heavy (non-hydrogen) atoms. The summed E-state index contributed by atoms with van der Waals surface area (Å²) in [5, 5.41) is 0.637. The molecule has 0 fully saturated rings. The normalized spacial score (nSPS) is 11.7. The Balaban J connectivity index is 2.70. The van der Waals surface area contributed by atoms with Crippen LogP contribution in [0.15, 0.2) is 18.2 Å². The molecule has 2 N–H and O–H groups in total. The number of hydrogen-bond donors (Lipinski definition) is 1. The fourth-order valence-electron chi connectivity index (χ4n) is 2.46. The number of amides is 1. The van der Waals surface area contributed by atoms with Gasteiger partial charge in [-0.25, -0.2) is 0 Å². The summed E-state index contributed by atoms with van der Waals surface area (Å²) in [6, 6.07) is 5.58. The SMILES string of the molecule is Cc1c(C(=O)C(N)=O)c2c(OCC(C)(C)C)cccc2n1CBr. The Morgan fingerprint density at radius 3 is 2.48 bits per heavy atom. The predicted octanol–water partition coefficient (Wildman–Crippen LogP) is 3.40. The van der Waals surface area contributed by atoms with Crippen molar-refractivity contribution in [1.29, 1.82) is 0 Å². The molecule has 0 atom stereocenters. The van der Waals surface area contributed by atoms with Crippen LogP contribution in [-0.2, 0) is 10.2 Å². The number of aromatic nitrogens is 1. The molecule has 0 spiro atoms. The molecule has 1 amide bonds. The Morgan fingerprint density at radius 1 is 1.30 bits per heavy atom. The van der Waals surface area contributed by atoms with Gasteiger partial charge in [0, 0.05) is 5.69 Å². The largest absolute Gasteiger partial charge is 0.492 e. The number of ether oxygens (including phenoxy) is 1. The van der Waals surface area contributed by atoms with Crippen molar-refractivity contribution >= 4 is 38.5 Å². The van der Waals surface area contributed by atoms with Gasteiger partial charge in [-0.3, -0.25) is 9.59 Å². The summed E-state index contributed by atoms with van der Waals surface area (Å²) in [5.41, 5.74) is 7.53. The Labute approximate surface area is 143 Å². The third-order valence-electron chi connectivity index (χ3n) is 3.54. The van der Waals surface area contributed by atoms with Crippen LogP contribution in [-0.4, -0.2) is 22.9 Å². The molecule has 1 heterocycles. The van der Waals surface area contributed by atoms with E-state index in [0.717, 1.165) is 5.52 Å². The van der Waals surface area contributed by atoms with Gasteiger partial charge in [-0.1, -0.05) is 42.8 Å². The average molecular weight is 381 g/mol. The van der Waals surface area contributed by atoms with Gasteiger partial charge in [0.25, 0.3) is 11.7 Å². The molecular weight excluding hydrogens is 360 g/mol. The fraction of sp³-hybridized carbons (Fsp3) is 0.412. The van der Waals surface area contributed by atoms with Crippen LogP contribution in [0.4, 0.5) is 0 Å². The number of benzene rings is 1. The Morgan fingerprint density at radius 2 is 1.96 bits per heavy atom. The minimum Gasteiger partial charge on any atom is -0.492 e. The number of nitrogens with two attached hydrogens (primary N) is 1. The fourth-order valence-corrected chi connectivity index (χ4v) is 3.11. The number of rotatable bonds is 5. The van der Waals surface area contributed by atoms with Crippen LogP contribution >= 0.6 is 15.9 Å². The molecule has 0 aliphatic rings. The molecule has 124 valence electrons. The first-order chi connectivity index (χ1) is 10.7. The van der Waals surface area contributed by atoms with E-state index in [0.29, 0.717) is 34.5 Å². The molecule has 0 aliphatic heterocycles. The molecule has 0 saturated heterocycles. The summed E-state index contributed by atoms with van der Waals surface area (Å²) in [6.45, 7) is 8.49. The van der Waals surface area contributed by atoms with Gasteiger partial charge in [0.1, 0.15) is 5.75 Å². The zero-order valence-electron chi connectivity index (χ0n) is 13.8. The van der Waals surface area contributed by atoms with Crippen molar-refractivity contribution in [1.82, 2.24) is 4.57 Å². The highest BCUT2D eigenvalue weighted by Gasteiger charge is 2.26. The summed E-state index contributed by atoms with van der Waals surface area (Å²) < 4.78 is 7.85. The number of fused-ring (bicyclic) bond motifs is 1. The summed E-state index contributed by atoms with van der Waals surface area (Å²) in [4.78, 5) is 23.7. The van der Waals surface area contributed by atoms with Crippen molar-refractivity contribution in [3.8, 4) is 5.75 Å². The summed E-state index contributed by atoms with van der Waals surface area (Å²) >= 11 is 3.42. The molecule has 6 heteroatoms. The van der Waals surface area contributed by atoms with Crippen LogP contribution in [0.2, 0.25) is 0 Å². The lowest BCUT2D eigenvalue weighted by molar-refractivity contribution is -0.114. The van der Waals surface area contributed by atoms with Gasteiger partial charge in [0.15, 0.2) is 0 Å². The molecule has 1 aromatic heterocycles. The van der Waals surface area contributed by atoms with Crippen LogP contribution in [0.25, 0.3) is 10.9 Å². The van der Waals surface area contributed by atoms with E-state index < -0.39 is 11.7 Å². The molecule has 2 rings (SSSR count). The number of nitrogens with zero attached hydrogens (tertiary/aromatic N) is 1. The molecule has 0 bridgehead atoms. The van der Waals surface area contributed by atoms with Gasteiger partial charge in [-0.15, -0.1) is 0 Å². The van der Waals surface area contributed by atoms with Crippen molar-refractivity contribution in [2.45, 2.75) is 33.1 Å². The maximum atomic E-state index is 12.3. The van der Waals surface area contributed by atoms with Crippen molar-refractivity contribution in [3.63, 3.8) is 0 Å². The standard InChI is InChI=1S/C17H21BrN2O3/c1-10-13(15(21)16(19)22)14-11(20(10)9-18)6-5-7-12(14)23-8-17(2,3)4/h5-7H,8-9H2,1-4H3,(H2,19,22). The Kier molecular flexibility index (Phi) is 4.84. The molecule has 0 unspecified atom stereocenters. The van der Waals surface area contributed by atoms with Crippen LogP contribution in [0.3, 0.4) is 0 Å².